The summed E-state index contributed by atoms with van der Waals surface area (Å²) in [7, 11) is 0. The van der Waals surface area contributed by atoms with Crippen LogP contribution >= 0.6 is 0 Å². The lowest BCUT2D eigenvalue weighted by Crippen LogP contribution is -1.96. The highest BCUT2D eigenvalue weighted by molar-refractivity contribution is 6.05. The fourth-order valence-corrected chi connectivity index (χ4v) is 5.09. The van der Waals surface area contributed by atoms with E-state index >= 15 is 0 Å². The number of hydrogen-bond acceptors (Lipinski definition) is 2. The van der Waals surface area contributed by atoms with Crippen molar-refractivity contribution in [2.75, 3.05) is 0 Å². The molecule has 6 aromatic carbocycles. The average molecular weight is 485 g/mol. The maximum Gasteiger partial charge on any atom is 0.0973 e. The van der Waals surface area contributed by atoms with E-state index in [1.165, 1.54) is 27.6 Å². The third-order valence-corrected chi connectivity index (χ3v) is 7.09. The standard InChI is InChI=1S/C36H24N2/c1-3-9-25(10-4-1)27-15-19-30(20-16-27)34-35(31-21-17-28(18-22-31)26-11-5-2-6-12-26)38-36-32-14-8-7-13-29(32)23-24-33(36)37-34/h1-24H. The van der Waals surface area contributed by atoms with Crippen LogP contribution < -0.4 is 0 Å². The molecule has 0 radical (unpaired) electrons. The highest BCUT2D eigenvalue weighted by atomic mass is 14.8. The van der Waals surface area contributed by atoms with Gasteiger partial charge in [-0.1, -0.05) is 140 Å². The van der Waals surface area contributed by atoms with Crippen molar-refractivity contribution in [1.82, 2.24) is 9.97 Å². The second-order valence-electron chi connectivity index (χ2n) is 9.46. The molecule has 0 fully saturated rings. The topological polar surface area (TPSA) is 25.8 Å². The van der Waals surface area contributed by atoms with Crippen LogP contribution in [0, 0.1) is 0 Å². The Labute approximate surface area is 221 Å². The van der Waals surface area contributed by atoms with Crippen molar-refractivity contribution in [3.63, 3.8) is 0 Å². The summed E-state index contributed by atoms with van der Waals surface area (Å²) >= 11 is 0. The first kappa shape index (κ1) is 22.1. The van der Waals surface area contributed by atoms with Gasteiger partial charge in [0.05, 0.1) is 22.4 Å². The highest BCUT2D eigenvalue weighted by Gasteiger charge is 2.15. The molecule has 0 N–H and O–H groups in total. The van der Waals surface area contributed by atoms with Crippen molar-refractivity contribution in [3.05, 3.63) is 146 Å². The number of benzene rings is 6. The zero-order valence-electron chi connectivity index (χ0n) is 20.8. The molecular weight excluding hydrogens is 460 g/mol. The Morgan fingerprint density at radius 1 is 0.316 bits per heavy atom. The lowest BCUT2D eigenvalue weighted by atomic mass is 9.98. The second kappa shape index (κ2) is 9.42. The van der Waals surface area contributed by atoms with Gasteiger partial charge in [-0.05, 0) is 33.7 Å². The molecule has 0 saturated carbocycles. The fraction of sp³-hybridized carbons (Fsp3) is 0. The summed E-state index contributed by atoms with van der Waals surface area (Å²) in [5.41, 5.74) is 10.5. The van der Waals surface area contributed by atoms with E-state index in [1.54, 1.807) is 0 Å². The molecule has 0 saturated heterocycles. The van der Waals surface area contributed by atoms with Gasteiger partial charge in [0, 0.05) is 16.5 Å². The Bertz CT molecular complexity index is 1870. The molecule has 0 aliphatic heterocycles. The molecule has 7 rings (SSSR count). The molecule has 1 aromatic heterocycles. The molecule has 1 heterocycles. The Kier molecular flexibility index (Phi) is 5.49. The first-order valence-electron chi connectivity index (χ1n) is 12.8. The van der Waals surface area contributed by atoms with Gasteiger partial charge in [-0.25, -0.2) is 9.97 Å². The summed E-state index contributed by atoms with van der Waals surface area (Å²) in [5.74, 6) is 0. The quantitative estimate of drug-likeness (QED) is 0.233. The Hall–Kier alpha value is -5.08. The maximum atomic E-state index is 5.27. The summed E-state index contributed by atoms with van der Waals surface area (Å²) in [6.45, 7) is 0. The van der Waals surface area contributed by atoms with E-state index in [9.17, 15) is 0 Å². The van der Waals surface area contributed by atoms with Gasteiger partial charge >= 0.3 is 0 Å². The fourth-order valence-electron chi connectivity index (χ4n) is 5.09. The van der Waals surface area contributed by atoms with Crippen LogP contribution in [-0.4, -0.2) is 9.97 Å². The number of fused-ring (bicyclic) bond motifs is 3. The summed E-state index contributed by atoms with van der Waals surface area (Å²) in [6.07, 6.45) is 0. The third-order valence-electron chi connectivity index (χ3n) is 7.09. The van der Waals surface area contributed by atoms with Crippen molar-refractivity contribution in [1.29, 1.82) is 0 Å². The van der Waals surface area contributed by atoms with E-state index in [2.05, 4.69) is 133 Å². The maximum absolute atomic E-state index is 5.27. The summed E-state index contributed by atoms with van der Waals surface area (Å²) in [5, 5.41) is 2.28. The van der Waals surface area contributed by atoms with Crippen molar-refractivity contribution in [2.45, 2.75) is 0 Å². The van der Waals surface area contributed by atoms with Crippen molar-refractivity contribution < 1.29 is 0 Å². The van der Waals surface area contributed by atoms with Crippen LogP contribution in [0.3, 0.4) is 0 Å². The van der Waals surface area contributed by atoms with Crippen LogP contribution in [0.2, 0.25) is 0 Å². The molecule has 0 amide bonds. The molecule has 2 heteroatoms. The van der Waals surface area contributed by atoms with Gasteiger partial charge in [0.1, 0.15) is 0 Å². The van der Waals surface area contributed by atoms with Gasteiger partial charge in [-0.15, -0.1) is 0 Å². The molecule has 178 valence electrons. The third kappa shape index (κ3) is 4.03. The first-order chi connectivity index (χ1) is 18.8. The minimum atomic E-state index is 0.889. The minimum absolute atomic E-state index is 0.889. The van der Waals surface area contributed by atoms with Crippen LogP contribution in [0.4, 0.5) is 0 Å². The first-order valence-corrected chi connectivity index (χ1v) is 12.8. The SMILES string of the molecule is c1ccc(-c2ccc(-c3nc4ccc5ccccc5c4nc3-c3ccc(-c4ccccc4)cc3)cc2)cc1. The minimum Gasteiger partial charge on any atom is -0.244 e. The molecule has 38 heavy (non-hydrogen) atoms. The Balaban J connectivity index is 1.40. The van der Waals surface area contributed by atoms with Crippen LogP contribution in [-0.2, 0) is 0 Å². The predicted molar refractivity (Wildman–Crippen MR) is 159 cm³/mol. The van der Waals surface area contributed by atoms with E-state index in [4.69, 9.17) is 9.97 Å². The van der Waals surface area contributed by atoms with Crippen molar-refractivity contribution in [3.8, 4) is 44.8 Å². The van der Waals surface area contributed by atoms with Gasteiger partial charge in [0.25, 0.3) is 0 Å². The number of aromatic nitrogens is 2. The van der Waals surface area contributed by atoms with Crippen LogP contribution in [0.1, 0.15) is 0 Å². The Morgan fingerprint density at radius 3 is 1.34 bits per heavy atom. The second-order valence-corrected chi connectivity index (χ2v) is 9.46. The van der Waals surface area contributed by atoms with E-state index in [0.717, 1.165) is 38.9 Å². The van der Waals surface area contributed by atoms with Crippen molar-refractivity contribution in [2.24, 2.45) is 0 Å². The number of nitrogens with zero attached hydrogens (tertiary/aromatic N) is 2. The lowest BCUT2D eigenvalue weighted by Gasteiger charge is -2.13. The zero-order valence-corrected chi connectivity index (χ0v) is 20.8. The van der Waals surface area contributed by atoms with E-state index < -0.39 is 0 Å². The van der Waals surface area contributed by atoms with Gasteiger partial charge in [-0.3, -0.25) is 0 Å². The predicted octanol–water partition coefficient (Wildman–Crippen LogP) is 9.45. The number of rotatable bonds is 4. The van der Waals surface area contributed by atoms with Gasteiger partial charge in [0.15, 0.2) is 0 Å². The lowest BCUT2D eigenvalue weighted by molar-refractivity contribution is 1.30. The molecule has 0 aliphatic rings. The van der Waals surface area contributed by atoms with E-state index in [0.29, 0.717) is 0 Å². The largest absolute Gasteiger partial charge is 0.244 e. The smallest absolute Gasteiger partial charge is 0.0973 e. The molecule has 0 aliphatic carbocycles. The van der Waals surface area contributed by atoms with Crippen LogP contribution in [0.15, 0.2) is 146 Å². The van der Waals surface area contributed by atoms with Gasteiger partial charge in [-0.2, -0.15) is 0 Å². The molecular formula is C36H24N2. The summed E-state index contributed by atoms with van der Waals surface area (Å²) in [6, 6.07) is 50.8. The van der Waals surface area contributed by atoms with Crippen molar-refractivity contribution >= 4 is 21.8 Å². The molecule has 0 atom stereocenters. The molecule has 0 spiro atoms. The monoisotopic (exact) mass is 484 g/mol. The molecule has 0 bridgehead atoms. The highest BCUT2D eigenvalue weighted by Crippen LogP contribution is 2.35. The van der Waals surface area contributed by atoms with Crippen LogP contribution in [0.5, 0.6) is 0 Å². The summed E-state index contributed by atoms with van der Waals surface area (Å²) in [4.78, 5) is 10.5. The van der Waals surface area contributed by atoms with E-state index in [1.807, 2.05) is 12.1 Å². The molecule has 0 unspecified atom stereocenters. The zero-order chi connectivity index (χ0) is 25.3. The molecule has 7 aromatic rings. The van der Waals surface area contributed by atoms with Crippen LogP contribution in [0.25, 0.3) is 66.6 Å². The Morgan fingerprint density at radius 2 is 0.763 bits per heavy atom. The number of hydrogen-bond donors (Lipinski definition) is 0. The van der Waals surface area contributed by atoms with Gasteiger partial charge in [0.2, 0.25) is 0 Å². The molecule has 2 nitrogen and oxygen atoms in total. The van der Waals surface area contributed by atoms with Gasteiger partial charge < -0.3 is 0 Å². The average Bonchev–Trinajstić information content (AvgIpc) is 3.01. The summed E-state index contributed by atoms with van der Waals surface area (Å²) < 4.78 is 0. The normalized spacial score (nSPS) is 11.2. The van der Waals surface area contributed by atoms with E-state index in [-0.39, 0.29) is 0 Å².